The maximum Gasteiger partial charge on any atom is 0.253 e. The molecule has 130 valence electrons. The zero-order valence-electron chi connectivity index (χ0n) is 14.0. The molecule has 1 aromatic rings. The number of carbonyl (C=O) groups is 2. The lowest BCUT2D eigenvalue weighted by molar-refractivity contribution is -0.138. The molecule has 5 nitrogen and oxygen atoms in total. The number of carbonyl (C=O) groups excluding carboxylic acids is 2. The van der Waals surface area contributed by atoms with Gasteiger partial charge < -0.3 is 14.5 Å². The van der Waals surface area contributed by atoms with Gasteiger partial charge in [-0.2, -0.15) is 0 Å². The van der Waals surface area contributed by atoms with Crippen molar-refractivity contribution in [1.29, 1.82) is 0 Å². The van der Waals surface area contributed by atoms with E-state index in [1.807, 2.05) is 9.80 Å². The molecule has 6 heteroatoms. The molecule has 1 aromatic carbocycles. The van der Waals surface area contributed by atoms with Gasteiger partial charge in [0.1, 0.15) is 0 Å². The van der Waals surface area contributed by atoms with Crippen LogP contribution in [-0.2, 0) is 9.53 Å². The van der Waals surface area contributed by atoms with Gasteiger partial charge in [-0.3, -0.25) is 9.59 Å². The van der Waals surface area contributed by atoms with Gasteiger partial charge in [-0.05, 0) is 37.5 Å². The fourth-order valence-corrected chi connectivity index (χ4v) is 3.90. The Labute approximate surface area is 147 Å². The molecule has 0 N–H and O–H groups in total. The van der Waals surface area contributed by atoms with Crippen molar-refractivity contribution in [2.24, 2.45) is 5.41 Å². The van der Waals surface area contributed by atoms with Gasteiger partial charge in [0.05, 0.1) is 12.0 Å². The first-order chi connectivity index (χ1) is 11.6. The molecule has 24 heavy (non-hydrogen) atoms. The van der Waals surface area contributed by atoms with Crippen LogP contribution < -0.4 is 0 Å². The molecule has 2 amide bonds. The van der Waals surface area contributed by atoms with Crippen LogP contribution in [0.15, 0.2) is 24.3 Å². The van der Waals surface area contributed by atoms with E-state index in [2.05, 4.69) is 0 Å². The Kier molecular flexibility index (Phi) is 5.11. The van der Waals surface area contributed by atoms with Crippen molar-refractivity contribution < 1.29 is 14.3 Å². The molecule has 0 aromatic heterocycles. The number of hydrogen-bond acceptors (Lipinski definition) is 3. The zero-order valence-corrected chi connectivity index (χ0v) is 14.7. The summed E-state index contributed by atoms with van der Waals surface area (Å²) >= 11 is 5.97. The van der Waals surface area contributed by atoms with Gasteiger partial charge >= 0.3 is 0 Å². The van der Waals surface area contributed by atoms with Crippen LogP contribution in [0.1, 0.15) is 29.6 Å². The number of nitrogens with zero attached hydrogens (tertiary/aromatic N) is 2. The van der Waals surface area contributed by atoms with Gasteiger partial charge in [0.15, 0.2) is 0 Å². The minimum atomic E-state index is -0.279. The Morgan fingerprint density at radius 2 is 1.96 bits per heavy atom. The van der Waals surface area contributed by atoms with E-state index in [9.17, 15) is 9.59 Å². The monoisotopic (exact) mass is 350 g/mol. The summed E-state index contributed by atoms with van der Waals surface area (Å²) in [4.78, 5) is 29.1. The van der Waals surface area contributed by atoms with E-state index in [-0.39, 0.29) is 17.2 Å². The maximum absolute atomic E-state index is 12.7. The highest BCUT2D eigenvalue weighted by Crippen LogP contribution is 2.41. The van der Waals surface area contributed by atoms with Crippen molar-refractivity contribution in [1.82, 2.24) is 9.80 Å². The molecule has 0 aliphatic carbocycles. The summed E-state index contributed by atoms with van der Waals surface area (Å²) in [6.07, 6.45) is 2.36. The van der Waals surface area contributed by atoms with Gasteiger partial charge in [0.2, 0.25) is 5.91 Å². The molecular formula is C18H23ClN2O3. The van der Waals surface area contributed by atoms with Crippen molar-refractivity contribution in [2.45, 2.75) is 19.3 Å². The van der Waals surface area contributed by atoms with Gasteiger partial charge in [-0.25, -0.2) is 0 Å². The fraction of sp³-hybridized carbons (Fsp3) is 0.556. The highest BCUT2D eigenvalue weighted by atomic mass is 35.5. The van der Waals surface area contributed by atoms with Crippen molar-refractivity contribution in [2.75, 3.05) is 39.9 Å². The van der Waals surface area contributed by atoms with E-state index < -0.39 is 0 Å². The smallest absolute Gasteiger partial charge is 0.253 e. The standard InChI is InChI=1S/C18H23ClN2O3/c1-24-12-11-21-10-7-18(17(21)23)5-8-20(9-6-18)16(22)14-3-2-4-15(19)13-14/h2-4,13H,5-12H2,1H3. The lowest BCUT2D eigenvalue weighted by Gasteiger charge is -2.38. The molecular weight excluding hydrogens is 328 g/mol. The number of piperidine rings is 1. The van der Waals surface area contributed by atoms with Crippen molar-refractivity contribution >= 4 is 23.4 Å². The predicted octanol–water partition coefficient (Wildman–Crippen LogP) is 2.44. The number of benzene rings is 1. The van der Waals surface area contributed by atoms with E-state index in [0.717, 1.165) is 25.8 Å². The lowest BCUT2D eigenvalue weighted by atomic mass is 9.77. The van der Waals surface area contributed by atoms with E-state index in [1.54, 1.807) is 31.4 Å². The van der Waals surface area contributed by atoms with Gasteiger partial charge in [0.25, 0.3) is 5.91 Å². The van der Waals surface area contributed by atoms with E-state index in [0.29, 0.717) is 36.8 Å². The summed E-state index contributed by atoms with van der Waals surface area (Å²) in [7, 11) is 1.65. The lowest BCUT2D eigenvalue weighted by Crippen LogP contribution is -2.47. The van der Waals surface area contributed by atoms with Crippen molar-refractivity contribution in [3.05, 3.63) is 34.9 Å². The average molecular weight is 351 g/mol. The molecule has 2 aliphatic rings. The first kappa shape index (κ1) is 17.2. The van der Waals surface area contributed by atoms with Crippen LogP contribution in [0.25, 0.3) is 0 Å². The number of hydrogen-bond donors (Lipinski definition) is 0. The minimum Gasteiger partial charge on any atom is -0.383 e. The Morgan fingerprint density at radius 1 is 1.25 bits per heavy atom. The fourth-order valence-electron chi connectivity index (χ4n) is 3.71. The van der Waals surface area contributed by atoms with E-state index in [1.165, 1.54) is 0 Å². The van der Waals surface area contributed by atoms with Crippen molar-refractivity contribution in [3.8, 4) is 0 Å². The second-order valence-electron chi connectivity index (χ2n) is 6.62. The van der Waals surface area contributed by atoms with Crippen LogP contribution in [0.5, 0.6) is 0 Å². The quantitative estimate of drug-likeness (QED) is 0.838. The minimum absolute atomic E-state index is 0.00552. The number of methoxy groups -OCH3 is 1. The summed E-state index contributed by atoms with van der Waals surface area (Å²) in [6, 6.07) is 7.03. The molecule has 2 saturated heterocycles. The maximum atomic E-state index is 12.7. The molecule has 0 saturated carbocycles. The molecule has 0 bridgehead atoms. The first-order valence-electron chi connectivity index (χ1n) is 8.39. The van der Waals surface area contributed by atoms with Crippen LogP contribution in [0.3, 0.4) is 0 Å². The van der Waals surface area contributed by atoms with Crippen LogP contribution in [-0.4, -0.2) is 61.5 Å². The number of amides is 2. The van der Waals surface area contributed by atoms with Gasteiger partial charge in [-0.1, -0.05) is 17.7 Å². The van der Waals surface area contributed by atoms with E-state index >= 15 is 0 Å². The van der Waals surface area contributed by atoms with Crippen molar-refractivity contribution in [3.63, 3.8) is 0 Å². The van der Waals surface area contributed by atoms with Crippen LogP contribution >= 0.6 is 11.6 Å². The largest absolute Gasteiger partial charge is 0.383 e. The van der Waals surface area contributed by atoms with E-state index in [4.69, 9.17) is 16.3 Å². The average Bonchev–Trinajstić information content (AvgIpc) is 2.89. The second-order valence-corrected chi connectivity index (χ2v) is 7.05. The summed E-state index contributed by atoms with van der Waals surface area (Å²) in [5.41, 5.74) is 0.330. The summed E-state index contributed by atoms with van der Waals surface area (Å²) in [5.74, 6) is 0.225. The molecule has 2 fully saturated rings. The number of halogens is 1. The topological polar surface area (TPSA) is 49.9 Å². The molecule has 0 radical (unpaired) electrons. The Bertz CT molecular complexity index is 626. The van der Waals surface area contributed by atoms with Crippen LogP contribution in [0, 0.1) is 5.41 Å². The van der Waals surface area contributed by atoms with Gasteiger partial charge in [-0.15, -0.1) is 0 Å². The second kappa shape index (κ2) is 7.11. The third-order valence-electron chi connectivity index (χ3n) is 5.25. The Hall–Kier alpha value is -1.59. The third-order valence-corrected chi connectivity index (χ3v) is 5.48. The summed E-state index contributed by atoms with van der Waals surface area (Å²) in [6.45, 7) is 3.26. The number of likely N-dealkylation sites (tertiary alicyclic amines) is 2. The molecule has 1 spiro atoms. The van der Waals surface area contributed by atoms with Crippen LogP contribution in [0.2, 0.25) is 5.02 Å². The Balaban J connectivity index is 1.62. The SMILES string of the molecule is COCCN1CCC2(CCN(C(=O)c3cccc(Cl)c3)CC2)C1=O. The Morgan fingerprint density at radius 3 is 2.62 bits per heavy atom. The zero-order chi connectivity index (χ0) is 17.2. The molecule has 0 unspecified atom stereocenters. The first-order valence-corrected chi connectivity index (χ1v) is 8.77. The normalized spacial score (nSPS) is 20.0. The number of ether oxygens (including phenoxy) is 1. The summed E-state index contributed by atoms with van der Waals surface area (Å²) < 4.78 is 5.08. The molecule has 2 heterocycles. The predicted molar refractivity (Wildman–Crippen MR) is 92.1 cm³/mol. The third kappa shape index (κ3) is 3.28. The van der Waals surface area contributed by atoms with Gasteiger partial charge in [0, 0.05) is 43.9 Å². The highest BCUT2D eigenvalue weighted by molar-refractivity contribution is 6.30. The van der Waals surface area contributed by atoms with Crippen LogP contribution in [0.4, 0.5) is 0 Å². The summed E-state index contributed by atoms with van der Waals surface area (Å²) in [5, 5.41) is 0.564. The molecule has 3 rings (SSSR count). The highest BCUT2D eigenvalue weighted by Gasteiger charge is 2.48. The number of rotatable bonds is 4. The molecule has 0 atom stereocenters. The molecule has 2 aliphatic heterocycles.